The van der Waals surface area contributed by atoms with Crippen molar-refractivity contribution in [3.05, 3.63) is 0 Å². The van der Waals surface area contributed by atoms with Crippen molar-refractivity contribution in [2.45, 2.75) is 160 Å². The van der Waals surface area contributed by atoms with E-state index in [9.17, 15) is 0 Å². The number of unbranched alkanes of at least 4 members (excludes halogenated alkanes) is 18. The van der Waals surface area contributed by atoms with Gasteiger partial charge in [0, 0.05) is 6.61 Å². The maximum Gasteiger partial charge on any atom is 0.460 e. The van der Waals surface area contributed by atoms with Crippen LogP contribution in [-0.4, -0.2) is 21.1 Å². The van der Waals surface area contributed by atoms with Gasteiger partial charge in [0.15, 0.2) is 0 Å². The van der Waals surface area contributed by atoms with Crippen LogP contribution in [0, 0.1) is 0 Å². The zero-order valence-electron chi connectivity index (χ0n) is 20.2. The van der Waals surface area contributed by atoms with Crippen molar-refractivity contribution in [2.24, 2.45) is 0 Å². The van der Waals surface area contributed by atoms with Gasteiger partial charge in [0.25, 0.3) is 0 Å². The van der Waals surface area contributed by atoms with Crippen molar-refractivity contribution in [1.82, 2.24) is 0 Å². The molecule has 0 saturated heterocycles. The van der Waals surface area contributed by atoms with Crippen LogP contribution in [0.5, 0.6) is 0 Å². The average molecular weight is 411 g/mol. The monoisotopic (exact) mass is 410 g/mol. The second-order valence-electron chi connectivity index (χ2n) is 9.02. The maximum absolute atomic E-state index is 6.15. The Morgan fingerprint density at radius 2 is 0.679 bits per heavy atom. The molecule has 0 aromatic carbocycles. The maximum atomic E-state index is 6.15. The zero-order valence-corrected chi connectivity index (χ0v) is 21.4. The lowest BCUT2D eigenvalue weighted by Gasteiger charge is -2.11. The summed E-state index contributed by atoms with van der Waals surface area (Å²) < 4.78 is 6.15. The van der Waals surface area contributed by atoms with E-state index in [0.717, 1.165) is 6.61 Å². The average Bonchev–Trinajstić information content (AvgIpc) is 2.70. The van der Waals surface area contributed by atoms with E-state index >= 15 is 0 Å². The Hall–Kier alpha value is 0.492. The standard InChI is InChI=1S/2C12H25.C2H5O.Al/c2*1-3-5-7-9-11-12-10-8-6-4-2;1-2-3;/h2*1,3-12H2,2H3;2H2,1H3;/q;;-1;+1. The Kier molecular flexibility index (Phi) is 26.0. The summed E-state index contributed by atoms with van der Waals surface area (Å²) in [4.78, 5) is 0. The fourth-order valence-electron chi connectivity index (χ4n) is 4.27. The van der Waals surface area contributed by atoms with Crippen LogP contribution in [0.25, 0.3) is 0 Å². The highest BCUT2D eigenvalue weighted by molar-refractivity contribution is 6.51. The lowest BCUT2D eigenvalue weighted by molar-refractivity contribution is 0.338. The van der Waals surface area contributed by atoms with Crippen molar-refractivity contribution in [3.63, 3.8) is 0 Å². The fourth-order valence-corrected chi connectivity index (χ4v) is 6.85. The summed E-state index contributed by atoms with van der Waals surface area (Å²) in [6, 6.07) is 0. The van der Waals surface area contributed by atoms with E-state index in [2.05, 4.69) is 20.8 Å². The molecule has 0 aromatic rings. The van der Waals surface area contributed by atoms with Crippen molar-refractivity contribution in [3.8, 4) is 0 Å². The van der Waals surface area contributed by atoms with Gasteiger partial charge in [0.2, 0.25) is 0 Å². The van der Waals surface area contributed by atoms with Crippen LogP contribution in [0.2, 0.25) is 10.6 Å². The lowest BCUT2D eigenvalue weighted by Crippen LogP contribution is -2.17. The molecule has 0 heterocycles. The second-order valence-corrected chi connectivity index (χ2v) is 11.8. The van der Waals surface area contributed by atoms with Crippen LogP contribution >= 0.6 is 0 Å². The van der Waals surface area contributed by atoms with Crippen molar-refractivity contribution >= 4 is 14.5 Å². The van der Waals surface area contributed by atoms with Crippen molar-refractivity contribution in [1.29, 1.82) is 0 Å². The molecule has 0 aliphatic rings. The summed E-state index contributed by atoms with van der Waals surface area (Å²) >= 11 is -0.890. The highest BCUT2D eigenvalue weighted by atomic mass is 27.2. The summed E-state index contributed by atoms with van der Waals surface area (Å²) in [6.07, 6.45) is 28.9. The van der Waals surface area contributed by atoms with Crippen LogP contribution in [0.3, 0.4) is 0 Å². The van der Waals surface area contributed by atoms with Crippen molar-refractivity contribution < 1.29 is 3.79 Å². The van der Waals surface area contributed by atoms with Crippen LogP contribution in [0.15, 0.2) is 0 Å². The first-order valence-electron chi connectivity index (χ1n) is 13.5. The molecule has 0 bridgehead atoms. The molecule has 0 amide bonds. The molecule has 0 radical (unpaired) electrons. The van der Waals surface area contributed by atoms with E-state index < -0.39 is 14.5 Å². The molecule has 0 spiro atoms. The largest absolute Gasteiger partial charge is 0.501 e. The minimum Gasteiger partial charge on any atom is -0.501 e. The molecule has 0 aromatic heterocycles. The third kappa shape index (κ3) is 22.8. The van der Waals surface area contributed by atoms with Crippen molar-refractivity contribution in [2.75, 3.05) is 6.61 Å². The molecule has 168 valence electrons. The molecular formula is C26H55AlO. The predicted octanol–water partition coefficient (Wildman–Crippen LogP) is 9.86. The molecule has 0 rings (SSSR count). The molecule has 0 saturated carbocycles. The van der Waals surface area contributed by atoms with Gasteiger partial charge in [-0.2, -0.15) is 0 Å². The first kappa shape index (κ1) is 28.5. The number of hydrogen-bond acceptors (Lipinski definition) is 1. The molecule has 28 heavy (non-hydrogen) atoms. The van der Waals surface area contributed by atoms with Crippen LogP contribution in [0.1, 0.15) is 149 Å². The second kappa shape index (κ2) is 25.5. The van der Waals surface area contributed by atoms with E-state index in [0.29, 0.717) is 0 Å². The van der Waals surface area contributed by atoms with E-state index in [-0.39, 0.29) is 0 Å². The zero-order chi connectivity index (χ0) is 20.5. The van der Waals surface area contributed by atoms with Crippen LogP contribution in [-0.2, 0) is 3.79 Å². The molecule has 1 nitrogen and oxygen atoms in total. The minimum atomic E-state index is -0.890. The third-order valence-corrected chi connectivity index (χ3v) is 9.07. The van der Waals surface area contributed by atoms with E-state index in [1.54, 1.807) is 0 Å². The first-order valence-corrected chi connectivity index (χ1v) is 15.6. The summed E-state index contributed by atoms with van der Waals surface area (Å²) in [5.74, 6) is 0. The SMILES string of the molecule is CCCCCCCCCCC[CH2][Al]([CH2]CCCCCCCCCCC)[O]CC. The van der Waals surface area contributed by atoms with E-state index in [1.165, 1.54) is 139 Å². The summed E-state index contributed by atoms with van der Waals surface area (Å²) in [5.41, 5.74) is 0. The number of hydrogen-bond donors (Lipinski definition) is 0. The van der Waals surface area contributed by atoms with Gasteiger partial charge in [0.05, 0.1) is 0 Å². The Labute approximate surface area is 184 Å². The van der Waals surface area contributed by atoms with Gasteiger partial charge in [-0.15, -0.1) is 0 Å². The van der Waals surface area contributed by atoms with E-state index in [1.807, 2.05) is 0 Å². The third-order valence-electron chi connectivity index (χ3n) is 6.16. The molecular weight excluding hydrogens is 355 g/mol. The van der Waals surface area contributed by atoms with Gasteiger partial charge >= 0.3 is 14.5 Å². The molecule has 0 unspecified atom stereocenters. The minimum absolute atomic E-state index is 0.890. The normalized spacial score (nSPS) is 11.2. The Morgan fingerprint density at radius 1 is 0.393 bits per heavy atom. The molecule has 0 aliphatic heterocycles. The highest BCUT2D eigenvalue weighted by Crippen LogP contribution is 2.17. The van der Waals surface area contributed by atoms with Gasteiger partial charge < -0.3 is 3.79 Å². The van der Waals surface area contributed by atoms with Gasteiger partial charge in [-0.25, -0.2) is 0 Å². The Bertz CT molecular complexity index is 245. The fraction of sp³-hybridized carbons (Fsp3) is 1.00. The highest BCUT2D eigenvalue weighted by Gasteiger charge is 2.18. The summed E-state index contributed by atoms with van der Waals surface area (Å²) in [7, 11) is 0. The van der Waals surface area contributed by atoms with E-state index in [4.69, 9.17) is 3.79 Å². The number of rotatable bonds is 24. The van der Waals surface area contributed by atoms with Crippen LogP contribution in [0.4, 0.5) is 0 Å². The molecule has 2 heteroatoms. The van der Waals surface area contributed by atoms with Gasteiger partial charge in [0.1, 0.15) is 0 Å². The lowest BCUT2D eigenvalue weighted by atomic mass is 10.1. The van der Waals surface area contributed by atoms with Gasteiger partial charge in [-0.05, 0) is 6.92 Å². The molecule has 0 atom stereocenters. The summed E-state index contributed by atoms with van der Waals surface area (Å²) in [6.45, 7) is 7.74. The smallest absolute Gasteiger partial charge is 0.460 e. The summed E-state index contributed by atoms with van der Waals surface area (Å²) in [5, 5.41) is 2.86. The Morgan fingerprint density at radius 3 is 0.964 bits per heavy atom. The predicted molar refractivity (Wildman–Crippen MR) is 131 cm³/mol. The quantitative estimate of drug-likeness (QED) is 0.114. The molecule has 0 aliphatic carbocycles. The van der Waals surface area contributed by atoms with Gasteiger partial charge in [-0.1, -0.05) is 153 Å². The Balaban J connectivity index is 3.41. The van der Waals surface area contributed by atoms with Crippen LogP contribution < -0.4 is 0 Å². The molecule has 0 N–H and O–H groups in total. The molecule has 0 fully saturated rings. The topological polar surface area (TPSA) is 9.23 Å². The van der Waals surface area contributed by atoms with Gasteiger partial charge in [-0.3, -0.25) is 0 Å². The first-order chi connectivity index (χ1) is 13.8.